The van der Waals surface area contributed by atoms with Crippen LogP contribution in [-0.4, -0.2) is 74.6 Å². The molecular weight excluding hydrogens is 436 g/mol. The molecule has 1 N–H and O–H groups in total. The lowest BCUT2D eigenvalue weighted by Gasteiger charge is -2.27. The van der Waals surface area contributed by atoms with E-state index >= 15 is 0 Å². The Hall–Kier alpha value is -3.52. The van der Waals surface area contributed by atoms with Gasteiger partial charge in [0.15, 0.2) is 11.5 Å². The van der Waals surface area contributed by atoms with E-state index in [4.69, 9.17) is 14.2 Å². The van der Waals surface area contributed by atoms with Crippen LogP contribution in [0.3, 0.4) is 0 Å². The highest BCUT2D eigenvalue weighted by molar-refractivity contribution is 6.46. The molecule has 0 spiro atoms. The second kappa shape index (κ2) is 11.1. The van der Waals surface area contributed by atoms with Crippen molar-refractivity contribution in [3.05, 3.63) is 59.2 Å². The first kappa shape index (κ1) is 25.1. The molecule has 182 valence electrons. The number of methoxy groups -OCH3 is 2. The predicted octanol–water partition coefficient (Wildman–Crippen LogP) is 3.48. The van der Waals surface area contributed by atoms with Gasteiger partial charge >= 0.3 is 0 Å². The maximum Gasteiger partial charge on any atom is 0.295 e. The van der Waals surface area contributed by atoms with Crippen molar-refractivity contribution in [2.45, 2.75) is 19.4 Å². The van der Waals surface area contributed by atoms with Crippen LogP contribution in [-0.2, 0) is 9.59 Å². The fourth-order valence-corrected chi connectivity index (χ4v) is 3.86. The fraction of sp³-hybridized carbons (Fsp3) is 0.385. The number of aliphatic hydroxyl groups is 1. The lowest BCUT2D eigenvalue weighted by molar-refractivity contribution is -0.140. The van der Waals surface area contributed by atoms with Gasteiger partial charge in [-0.1, -0.05) is 13.0 Å². The van der Waals surface area contributed by atoms with Gasteiger partial charge in [-0.25, -0.2) is 0 Å². The summed E-state index contributed by atoms with van der Waals surface area (Å²) in [7, 11) is 6.90. The van der Waals surface area contributed by atoms with Crippen LogP contribution in [0.1, 0.15) is 30.5 Å². The molecule has 2 aromatic carbocycles. The van der Waals surface area contributed by atoms with Crippen LogP contribution in [0.5, 0.6) is 17.2 Å². The van der Waals surface area contributed by atoms with Crippen LogP contribution in [0.4, 0.5) is 0 Å². The van der Waals surface area contributed by atoms with E-state index in [9.17, 15) is 14.7 Å². The van der Waals surface area contributed by atoms with Gasteiger partial charge in [-0.3, -0.25) is 9.59 Å². The zero-order valence-corrected chi connectivity index (χ0v) is 20.3. The number of hydrogen-bond acceptors (Lipinski definition) is 7. The normalized spacial score (nSPS) is 17.4. The average molecular weight is 469 g/mol. The van der Waals surface area contributed by atoms with Crippen LogP contribution in [0.2, 0.25) is 0 Å². The van der Waals surface area contributed by atoms with Gasteiger partial charge in [0.25, 0.3) is 11.7 Å². The second-order valence-electron chi connectivity index (χ2n) is 8.28. The number of nitrogens with zero attached hydrogens (tertiary/aromatic N) is 2. The number of carbonyl (C=O) groups is 2. The molecule has 3 rings (SSSR count). The number of likely N-dealkylation sites (N-methyl/N-ethyl adjacent to an activating group) is 1. The highest BCUT2D eigenvalue weighted by atomic mass is 16.5. The van der Waals surface area contributed by atoms with E-state index in [-0.39, 0.29) is 11.3 Å². The van der Waals surface area contributed by atoms with E-state index in [2.05, 4.69) is 0 Å². The van der Waals surface area contributed by atoms with Crippen LogP contribution >= 0.6 is 0 Å². The molecule has 0 aromatic heterocycles. The fourth-order valence-electron chi connectivity index (χ4n) is 3.86. The van der Waals surface area contributed by atoms with Crippen LogP contribution in [0.25, 0.3) is 5.76 Å². The summed E-state index contributed by atoms with van der Waals surface area (Å²) in [5.41, 5.74) is 1.12. The molecule has 0 radical (unpaired) electrons. The van der Waals surface area contributed by atoms with Crippen molar-refractivity contribution >= 4 is 17.4 Å². The SMILES string of the molecule is CCCOc1cc(C2/C(=C(/O)c3ccc(OC)cc3)C(=O)C(=O)N2CCN(C)C)ccc1OC. The molecule has 0 aliphatic carbocycles. The zero-order valence-electron chi connectivity index (χ0n) is 20.3. The first-order valence-electron chi connectivity index (χ1n) is 11.2. The van der Waals surface area contributed by atoms with Gasteiger partial charge in [0.2, 0.25) is 0 Å². The number of carbonyl (C=O) groups excluding carboxylic acids is 2. The third kappa shape index (κ3) is 5.17. The summed E-state index contributed by atoms with van der Waals surface area (Å²) in [6.07, 6.45) is 0.812. The largest absolute Gasteiger partial charge is 0.507 e. The van der Waals surface area contributed by atoms with Crippen molar-refractivity contribution < 1.29 is 28.9 Å². The minimum Gasteiger partial charge on any atom is -0.507 e. The summed E-state index contributed by atoms with van der Waals surface area (Å²) in [5, 5.41) is 11.2. The number of rotatable bonds is 10. The molecule has 0 saturated carbocycles. The molecule has 1 amide bonds. The topological polar surface area (TPSA) is 88.5 Å². The molecule has 1 fully saturated rings. The highest BCUT2D eigenvalue weighted by Crippen LogP contribution is 2.42. The lowest BCUT2D eigenvalue weighted by atomic mass is 9.95. The summed E-state index contributed by atoms with van der Waals surface area (Å²) in [5.74, 6) is 0.0948. The van der Waals surface area contributed by atoms with Gasteiger partial charge in [0.1, 0.15) is 11.5 Å². The number of amides is 1. The summed E-state index contributed by atoms with van der Waals surface area (Å²) in [6.45, 7) is 3.37. The van der Waals surface area contributed by atoms with E-state index in [1.807, 2.05) is 25.9 Å². The quantitative estimate of drug-likeness (QED) is 0.324. The molecule has 8 nitrogen and oxygen atoms in total. The molecule has 8 heteroatoms. The molecule has 1 saturated heterocycles. The molecule has 34 heavy (non-hydrogen) atoms. The third-order valence-electron chi connectivity index (χ3n) is 5.66. The summed E-state index contributed by atoms with van der Waals surface area (Å²) >= 11 is 0. The van der Waals surface area contributed by atoms with E-state index in [0.29, 0.717) is 48.1 Å². The maximum atomic E-state index is 13.2. The predicted molar refractivity (Wildman–Crippen MR) is 129 cm³/mol. The Morgan fingerprint density at radius 3 is 2.32 bits per heavy atom. The van der Waals surface area contributed by atoms with E-state index in [1.165, 1.54) is 4.90 Å². The highest BCUT2D eigenvalue weighted by Gasteiger charge is 2.46. The molecule has 1 unspecified atom stereocenters. The van der Waals surface area contributed by atoms with E-state index < -0.39 is 17.7 Å². The number of aliphatic hydroxyl groups excluding tert-OH is 1. The molecule has 1 heterocycles. The van der Waals surface area contributed by atoms with E-state index in [0.717, 1.165) is 6.42 Å². The molecule has 2 aromatic rings. The smallest absolute Gasteiger partial charge is 0.295 e. The van der Waals surface area contributed by atoms with Crippen molar-refractivity contribution in [2.75, 3.05) is 48.0 Å². The Kier molecular flexibility index (Phi) is 8.17. The van der Waals surface area contributed by atoms with Gasteiger partial charge in [0, 0.05) is 18.7 Å². The van der Waals surface area contributed by atoms with Gasteiger partial charge in [0.05, 0.1) is 32.4 Å². The second-order valence-corrected chi connectivity index (χ2v) is 8.28. The molecule has 1 aliphatic rings. The molecule has 1 aliphatic heterocycles. The minimum absolute atomic E-state index is 0.0422. The monoisotopic (exact) mass is 468 g/mol. The Labute approximate surface area is 200 Å². The van der Waals surface area contributed by atoms with Crippen molar-refractivity contribution in [3.63, 3.8) is 0 Å². The number of ether oxygens (including phenoxy) is 3. The van der Waals surface area contributed by atoms with Gasteiger partial charge < -0.3 is 29.1 Å². The summed E-state index contributed by atoms with van der Waals surface area (Å²) in [4.78, 5) is 29.7. The first-order chi connectivity index (χ1) is 16.3. The maximum absolute atomic E-state index is 13.2. The minimum atomic E-state index is -0.767. The average Bonchev–Trinajstić information content (AvgIpc) is 3.10. The lowest BCUT2D eigenvalue weighted by Crippen LogP contribution is -2.35. The standard InChI is InChI=1S/C26H32N2O6/c1-6-15-34-21-16-18(9-12-20(21)33-5)23-22(24(29)17-7-10-19(32-4)11-8-17)25(30)26(31)28(23)14-13-27(2)3/h7-12,16,23,29H,6,13-15H2,1-5H3/b24-22-. The van der Waals surface area contributed by atoms with Gasteiger partial charge in [-0.2, -0.15) is 0 Å². The molecular formula is C26H32N2O6. The number of hydrogen-bond donors (Lipinski definition) is 1. The van der Waals surface area contributed by atoms with Crippen LogP contribution < -0.4 is 14.2 Å². The van der Waals surface area contributed by atoms with Crippen molar-refractivity contribution in [1.29, 1.82) is 0 Å². The van der Waals surface area contributed by atoms with Gasteiger partial charge in [-0.05, 0) is 62.5 Å². The van der Waals surface area contributed by atoms with Crippen LogP contribution in [0, 0.1) is 0 Å². The first-order valence-corrected chi connectivity index (χ1v) is 11.2. The zero-order chi connectivity index (χ0) is 24.8. The Bertz CT molecular complexity index is 1060. The number of Topliss-reactive ketones (excluding diaryl/α,β-unsaturated/α-hetero) is 1. The summed E-state index contributed by atoms with van der Waals surface area (Å²) in [6, 6.07) is 11.2. The van der Waals surface area contributed by atoms with Crippen molar-refractivity contribution in [1.82, 2.24) is 9.80 Å². The molecule has 0 bridgehead atoms. The third-order valence-corrected chi connectivity index (χ3v) is 5.66. The summed E-state index contributed by atoms with van der Waals surface area (Å²) < 4.78 is 16.5. The number of likely N-dealkylation sites (tertiary alicyclic amines) is 1. The number of ketones is 1. The Balaban J connectivity index is 2.15. The Morgan fingerprint density at radius 2 is 1.74 bits per heavy atom. The van der Waals surface area contributed by atoms with Crippen LogP contribution in [0.15, 0.2) is 48.0 Å². The van der Waals surface area contributed by atoms with Crippen molar-refractivity contribution in [3.8, 4) is 17.2 Å². The Morgan fingerprint density at radius 1 is 1.03 bits per heavy atom. The van der Waals surface area contributed by atoms with Crippen molar-refractivity contribution in [2.24, 2.45) is 0 Å². The van der Waals surface area contributed by atoms with Gasteiger partial charge in [-0.15, -0.1) is 0 Å². The number of benzene rings is 2. The van der Waals surface area contributed by atoms with E-state index in [1.54, 1.807) is 56.7 Å². The molecule has 1 atom stereocenters.